The zero-order chi connectivity index (χ0) is 20.2. The molecule has 0 fully saturated rings. The Labute approximate surface area is 170 Å². The summed E-state index contributed by atoms with van der Waals surface area (Å²) in [6.45, 7) is 3.20. The van der Waals surface area contributed by atoms with Gasteiger partial charge in [0, 0.05) is 24.5 Å². The Morgan fingerprint density at radius 1 is 1.14 bits per heavy atom. The topological polar surface area (TPSA) is 67.3 Å². The Balaban J connectivity index is 1.47. The van der Waals surface area contributed by atoms with Gasteiger partial charge in [-0.15, -0.1) is 0 Å². The third-order valence-electron chi connectivity index (χ3n) is 5.08. The molecule has 29 heavy (non-hydrogen) atoms. The van der Waals surface area contributed by atoms with E-state index in [4.69, 9.17) is 4.74 Å². The number of aryl methyl sites for hydroxylation is 1. The van der Waals surface area contributed by atoms with Crippen LogP contribution in [-0.2, 0) is 12.8 Å². The van der Waals surface area contributed by atoms with Crippen LogP contribution in [0.3, 0.4) is 0 Å². The molecule has 0 saturated heterocycles. The first-order chi connectivity index (χ1) is 14.2. The molecule has 6 heteroatoms. The second-order valence-electron chi connectivity index (χ2n) is 7.04. The first-order valence-corrected chi connectivity index (χ1v) is 9.77. The molecule has 1 amide bonds. The number of para-hydroxylation sites is 2. The van der Waals surface area contributed by atoms with Gasteiger partial charge in [0.05, 0.1) is 7.11 Å². The lowest BCUT2D eigenvalue weighted by atomic mass is 10.1. The summed E-state index contributed by atoms with van der Waals surface area (Å²) in [4.78, 5) is 23.8. The maximum atomic E-state index is 13.1. The van der Waals surface area contributed by atoms with Crippen molar-refractivity contribution in [2.24, 2.45) is 0 Å². The summed E-state index contributed by atoms with van der Waals surface area (Å²) in [6, 6.07) is 17.7. The molecule has 1 N–H and O–H groups in total. The molecule has 0 saturated carbocycles. The zero-order valence-electron chi connectivity index (χ0n) is 16.7. The molecule has 1 aliphatic heterocycles. The van der Waals surface area contributed by atoms with Crippen molar-refractivity contribution in [3.63, 3.8) is 0 Å². The summed E-state index contributed by atoms with van der Waals surface area (Å²) in [7, 11) is 1.67. The lowest BCUT2D eigenvalue weighted by molar-refractivity contribution is 0.0984. The lowest BCUT2D eigenvalue weighted by Crippen LogP contribution is -2.30. The van der Waals surface area contributed by atoms with Crippen LogP contribution in [0.25, 0.3) is 0 Å². The number of nitrogens with one attached hydrogen (secondary N) is 1. The van der Waals surface area contributed by atoms with Crippen LogP contribution in [0.2, 0.25) is 0 Å². The number of anilines is 2. The highest BCUT2D eigenvalue weighted by Crippen LogP contribution is 2.28. The van der Waals surface area contributed by atoms with Crippen molar-refractivity contribution in [3.8, 4) is 5.75 Å². The number of fused-ring (bicyclic) bond motifs is 1. The number of hydrogen-bond acceptors (Lipinski definition) is 5. The molecule has 4 rings (SSSR count). The number of ether oxygens (including phenoxy) is 1. The van der Waals surface area contributed by atoms with E-state index in [0.717, 1.165) is 35.5 Å². The first kappa shape index (κ1) is 18.9. The van der Waals surface area contributed by atoms with E-state index in [9.17, 15) is 4.79 Å². The molecule has 0 bridgehead atoms. The zero-order valence-corrected chi connectivity index (χ0v) is 16.7. The van der Waals surface area contributed by atoms with Crippen LogP contribution >= 0.6 is 0 Å². The molecule has 0 aliphatic carbocycles. The van der Waals surface area contributed by atoms with Crippen LogP contribution < -0.4 is 15.0 Å². The van der Waals surface area contributed by atoms with Crippen molar-refractivity contribution in [2.45, 2.75) is 19.8 Å². The molecule has 0 radical (unpaired) electrons. The van der Waals surface area contributed by atoms with Crippen LogP contribution in [0.4, 0.5) is 11.6 Å². The number of benzene rings is 2. The van der Waals surface area contributed by atoms with Gasteiger partial charge in [-0.05, 0) is 49.1 Å². The highest BCUT2D eigenvalue weighted by atomic mass is 16.5. The number of nitrogens with zero attached hydrogens (tertiary/aromatic N) is 3. The van der Waals surface area contributed by atoms with Crippen molar-refractivity contribution < 1.29 is 9.53 Å². The van der Waals surface area contributed by atoms with Crippen LogP contribution in [0.5, 0.6) is 5.75 Å². The predicted octanol–water partition coefficient (Wildman–Crippen LogP) is 3.65. The van der Waals surface area contributed by atoms with E-state index < -0.39 is 0 Å². The predicted molar refractivity (Wildman–Crippen MR) is 114 cm³/mol. The van der Waals surface area contributed by atoms with Crippen LogP contribution in [0, 0.1) is 6.92 Å². The van der Waals surface area contributed by atoms with Gasteiger partial charge in [-0.25, -0.2) is 9.97 Å². The monoisotopic (exact) mass is 388 g/mol. The van der Waals surface area contributed by atoms with Gasteiger partial charge in [-0.2, -0.15) is 0 Å². The third kappa shape index (κ3) is 4.06. The summed E-state index contributed by atoms with van der Waals surface area (Å²) >= 11 is 0. The molecule has 2 heterocycles. The number of amides is 1. The van der Waals surface area contributed by atoms with Crippen molar-refractivity contribution in [1.82, 2.24) is 9.97 Å². The average molecular weight is 388 g/mol. The Bertz CT molecular complexity index is 1030. The van der Waals surface area contributed by atoms with E-state index >= 15 is 0 Å². The smallest absolute Gasteiger partial charge is 0.277 e. The summed E-state index contributed by atoms with van der Waals surface area (Å²) < 4.78 is 5.39. The quantitative estimate of drug-likeness (QED) is 0.698. The van der Waals surface area contributed by atoms with Crippen LogP contribution in [0.15, 0.2) is 54.6 Å². The highest BCUT2D eigenvalue weighted by Gasteiger charge is 2.26. The van der Waals surface area contributed by atoms with E-state index in [1.54, 1.807) is 18.1 Å². The normalized spacial score (nSPS) is 12.6. The molecule has 0 unspecified atom stereocenters. The number of carbonyl (C=O) groups excluding carboxylic acids is 1. The molecule has 3 aromatic rings. The van der Waals surface area contributed by atoms with E-state index in [1.807, 2.05) is 49.4 Å². The van der Waals surface area contributed by atoms with Crippen LogP contribution in [-0.4, -0.2) is 36.1 Å². The molecule has 1 aromatic heterocycles. The number of methoxy groups -OCH3 is 1. The summed E-state index contributed by atoms with van der Waals surface area (Å²) in [5.41, 5.74) is 4.45. The van der Waals surface area contributed by atoms with Crippen molar-refractivity contribution in [2.75, 3.05) is 30.4 Å². The van der Waals surface area contributed by atoms with Crippen LogP contribution in [0.1, 0.15) is 27.3 Å². The van der Waals surface area contributed by atoms with Crippen molar-refractivity contribution in [3.05, 3.63) is 77.1 Å². The molecule has 6 nitrogen and oxygen atoms in total. The van der Waals surface area contributed by atoms with Crippen molar-refractivity contribution in [1.29, 1.82) is 0 Å². The van der Waals surface area contributed by atoms with Gasteiger partial charge in [-0.1, -0.05) is 36.4 Å². The molecule has 0 atom stereocenters. The minimum absolute atomic E-state index is 0.0896. The Hall–Kier alpha value is -3.41. The van der Waals surface area contributed by atoms with Gasteiger partial charge in [0.2, 0.25) is 5.95 Å². The highest BCUT2D eigenvalue weighted by molar-refractivity contribution is 6.06. The Kier molecular flexibility index (Phi) is 5.42. The second kappa shape index (κ2) is 8.31. The number of rotatable bonds is 6. The maximum absolute atomic E-state index is 13.1. The average Bonchev–Trinajstić information content (AvgIpc) is 3.17. The standard InChI is InChI=1S/C23H24N4O2/c1-16-15-19(22(28)27-14-12-17-7-3-5-9-20(17)27)26-23(25-16)24-13-11-18-8-4-6-10-21(18)29-2/h3-10,15H,11-14H2,1-2H3,(H,24,25,26). The first-order valence-electron chi connectivity index (χ1n) is 9.77. The molecule has 1 aliphatic rings. The van der Waals surface area contributed by atoms with Gasteiger partial charge >= 0.3 is 0 Å². The molecular weight excluding hydrogens is 364 g/mol. The van der Waals surface area contributed by atoms with Gasteiger partial charge < -0.3 is 15.0 Å². The minimum atomic E-state index is -0.0896. The fraction of sp³-hybridized carbons (Fsp3) is 0.261. The SMILES string of the molecule is COc1ccccc1CCNc1nc(C)cc(C(=O)N2CCc3ccccc32)n1. The number of carbonyl (C=O) groups is 1. The third-order valence-corrected chi connectivity index (χ3v) is 5.08. The summed E-state index contributed by atoms with van der Waals surface area (Å²) in [5, 5.41) is 3.24. The van der Waals surface area contributed by atoms with E-state index in [2.05, 4.69) is 21.4 Å². The molecule has 2 aromatic carbocycles. The second-order valence-corrected chi connectivity index (χ2v) is 7.04. The number of hydrogen-bond donors (Lipinski definition) is 1. The maximum Gasteiger partial charge on any atom is 0.277 e. The minimum Gasteiger partial charge on any atom is -0.496 e. The fourth-order valence-corrected chi connectivity index (χ4v) is 3.66. The summed E-state index contributed by atoms with van der Waals surface area (Å²) in [6.07, 6.45) is 1.64. The summed E-state index contributed by atoms with van der Waals surface area (Å²) in [5.74, 6) is 1.24. The van der Waals surface area contributed by atoms with Gasteiger partial charge in [0.1, 0.15) is 11.4 Å². The molecule has 0 spiro atoms. The van der Waals surface area contributed by atoms with E-state index in [1.165, 1.54) is 5.56 Å². The molecule has 148 valence electrons. The van der Waals surface area contributed by atoms with Gasteiger partial charge in [-0.3, -0.25) is 4.79 Å². The van der Waals surface area contributed by atoms with E-state index in [-0.39, 0.29) is 5.91 Å². The van der Waals surface area contributed by atoms with E-state index in [0.29, 0.717) is 24.7 Å². The van der Waals surface area contributed by atoms with Crippen molar-refractivity contribution >= 4 is 17.5 Å². The lowest BCUT2D eigenvalue weighted by Gasteiger charge is -2.17. The number of aromatic nitrogens is 2. The van der Waals surface area contributed by atoms with Gasteiger partial charge in [0.25, 0.3) is 5.91 Å². The Morgan fingerprint density at radius 3 is 2.79 bits per heavy atom. The Morgan fingerprint density at radius 2 is 1.93 bits per heavy atom. The largest absolute Gasteiger partial charge is 0.496 e. The fourth-order valence-electron chi connectivity index (χ4n) is 3.66. The molecular formula is C23H24N4O2. The van der Waals surface area contributed by atoms with Gasteiger partial charge in [0.15, 0.2) is 0 Å².